The summed E-state index contributed by atoms with van der Waals surface area (Å²) < 4.78 is 5.05. The SMILES string of the molecule is S=C1N=N/C(=C2/C=NNSC2)O1. The van der Waals surface area contributed by atoms with Gasteiger partial charge in [0.1, 0.15) is 0 Å². The lowest BCUT2D eigenvalue weighted by atomic mass is 10.3. The van der Waals surface area contributed by atoms with Crippen molar-refractivity contribution in [2.75, 3.05) is 5.75 Å². The predicted octanol–water partition coefficient (Wildman–Crippen LogP) is 1.20. The van der Waals surface area contributed by atoms with Crippen molar-refractivity contribution in [2.24, 2.45) is 15.3 Å². The second-order valence-electron chi connectivity index (χ2n) is 2.04. The Morgan fingerprint density at radius 2 is 2.50 bits per heavy atom. The average Bonchev–Trinajstić information content (AvgIpc) is 2.54. The van der Waals surface area contributed by atoms with Gasteiger partial charge in [0, 0.05) is 11.3 Å². The molecule has 0 amide bonds. The van der Waals surface area contributed by atoms with Gasteiger partial charge in [-0.25, -0.2) is 0 Å². The van der Waals surface area contributed by atoms with E-state index in [1.165, 1.54) is 11.9 Å². The van der Waals surface area contributed by atoms with Gasteiger partial charge in [-0.2, -0.15) is 5.10 Å². The first-order chi connectivity index (χ1) is 5.86. The number of azo groups is 1. The number of rotatable bonds is 0. The lowest BCUT2D eigenvalue weighted by Crippen LogP contribution is -2.08. The first kappa shape index (κ1) is 7.69. The molecule has 7 heteroatoms. The molecule has 2 aliphatic rings. The topological polar surface area (TPSA) is 58.3 Å². The van der Waals surface area contributed by atoms with Crippen LogP contribution >= 0.6 is 24.2 Å². The Labute approximate surface area is 78.1 Å². The lowest BCUT2D eigenvalue weighted by Gasteiger charge is -2.07. The second kappa shape index (κ2) is 3.20. The van der Waals surface area contributed by atoms with E-state index in [2.05, 4.69) is 32.4 Å². The number of thiocarbonyl (C=S) groups is 1. The maximum atomic E-state index is 5.05. The van der Waals surface area contributed by atoms with Crippen LogP contribution in [0.1, 0.15) is 0 Å². The Bertz CT molecular complexity index is 309. The Morgan fingerprint density at radius 3 is 3.08 bits per heavy atom. The summed E-state index contributed by atoms with van der Waals surface area (Å²) in [5.74, 6) is 1.21. The van der Waals surface area contributed by atoms with Gasteiger partial charge in [-0.05, 0) is 24.2 Å². The molecule has 0 fully saturated rings. The van der Waals surface area contributed by atoms with Crippen LogP contribution in [0.5, 0.6) is 0 Å². The smallest absolute Gasteiger partial charge is 0.309 e. The summed E-state index contributed by atoms with van der Waals surface area (Å²) in [6.07, 6.45) is 1.65. The van der Waals surface area contributed by atoms with Crippen LogP contribution in [0.2, 0.25) is 0 Å². The fourth-order valence-corrected chi connectivity index (χ4v) is 1.41. The van der Waals surface area contributed by atoms with Crippen molar-refractivity contribution >= 4 is 35.6 Å². The second-order valence-corrected chi connectivity index (χ2v) is 3.15. The molecule has 2 aliphatic heterocycles. The fourth-order valence-electron chi connectivity index (χ4n) is 0.745. The first-order valence-corrected chi connectivity index (χ1v) is 4.52. The van der Waals surface area contributed by atoms with Gasteiger partial charge >= 0.3 is 5.17 Å². The Hall–Kier alpha value is -0.950. The molecule has 0 aromatic heterocycles. The minimum atomic E-state index is 0.162. The fraction of sp³-hybridized carbons (Fsp3) is 0.200. The summed E-state index contributed by atoms with van der Waals surface area (Å²) in [6.45, 7) is 0. The van der Waals surface area contributed by atoms with E-state index in [1.54, 1.807) is 6.21 Å². The summed E-state index contributed by atoms with van der Waals surface area (Å²) in [4.78, 5) is 2.74. The van der Waals surface area contributed by atoms with E-state index in [9.17, 15) is 0 Å². The Morgan fingerprint density at radius 1 is 1.58 bits per heavy atom. The van der Waals surface area contributed by atoms with Crippen LogP contribution in [-0.4, -0.2) is 17.1 Å². The van der Waals surface area contributed by atoms with E-state index in [-0.39, 0.29) is 5.17 Å². The van der Waals surface area contributed by atoms with Crippen molar-refractivity contribution < 1.29 is 4.74 Å². The molecule has 0 saturated carbocycles. The number of hydrogen-bond acceptors (Lipinski definition) is 6. The zero-order valence-corrected chi connectivity index (χ0v) is 7.48. The summed E-state index contributed by atoms with van der Waals surface area (Å²) >= 11 is 6.14. The number of nitrogens with zero attached hydrogens (tertiary/aromatic N) is 3. The first-order valence-electron chi connectivity index (χ1n) is 3.13. The molecule has 2 heterocycles. The molecule has 0 unspecified atom stereocenters. The predicted molar refractivity (Wildman–Crippen MR) is 49.7 cm³/mol. The maximum absolute atomic E-state index is 5.05. The van der Waals surface area contributed by atoms with Gasteiger partial charge in [-0.1, -0.05) is 5.11 Å². The van der Waals surface area contributed by atoms with Crippen LogP contribution < -0.4 is 4.83 Å². The van der Waals surface area contributed by atoms with Gasteiger partial charge in [0.15, 0.2) is 0 Å². The van der Waals surface area contributed by atoms with Crippen LogP contribution in [0.4, 0.5) is 0 Å². The van der Waals surface area contributed by atoms with Gasteiger partial charge in [0.05, 0.1) is 6.21 Å². The zero-order valence-electron chi connectivity index (χ0n) is 5.85. The van der Waals surface area contributed by atoms with Gasteiger partial charge in [-0.3, -0.25) is 4.83 Å². The normalized spacial score (nSPS) is 27.2. The molecule has 0 aromatic carbocycles. The summed E-state index contributed by atoms with van der Waals surface area (Å²) in [5, 5.41) is 11.3. The highest BCUT2D eigenvalue weighted by Gasteiger charge is 2.16. The van der Waals surface area contributed by atoms with Gasteiger partial charge in [0.25, 0.3) is 0 Å². The quantitative estimate of drug-likeness (QED) is 0.471. The zero-order chi connectivity index (χ0) is 8.39. The molecular weight excluding hydrogens is 196 g/mol. The Kier molecular flexibility index (Phi) is 2.05. The number of hydrogen-bond donors (Lipinski definition) is 1. The molecule has 5 nitrogen and oxygen atoms in total. The molecule has 62 valence electrons. The average molecular weight is 200 g/mol. The van der Waals surface area contributed by atoms with E-state index in [4.69, 9.17) is 4.74 Å². The van der Waals surface area contributed by atoms with Crippen LogP contribution in [0, 0.1) is 0 Å². The molecule has 12 heavy (non-hydrogen) atoms. The number of nitrogens with one attached hydrogen (secondary N) is 1. The third-order valence-electron chi connectivity index (χ3n) is 1.25. The molecule has 0 aromatic rings. The molecule has 0 aliphatic carbocycles. The van der Waals surface area contributed by atoms with E-state index in [0.717, 1.165) is 11.3 Å². The van der Waals surface area contributed by atoms with E-state index >= 15 is 0 Å². The van der Waals surface area contributed by atoms with Gasteiger partial charge in [-0.15, -0.1) is 5.11 Å². The van der Waals surface area contributed by atoms with Crippen molar-refractivity contribution in [1.29, 1.82) is 0 Å². The minimum absolute atomic E-state index is 0.162. The van der Waals surface area contributed by atoms with Crippen LogP contribution in [0.25, 0.3) is 0 Å². The van der Waals surface area contributed by atoms with Gasteiger partial charge < -0.3 is 4.74 Å². The Balaban J connectivity index is 2.25. The summed E-state index contributed by atoms with van der Waals surface area (Å²) in [6, 6.07) is 0. The van der Waals surface area contributed by atoms with E-state index in [0.29, 0.717) is 5.88 Å². The third kappa shape index (κ3) is 1.46. The molecule has 0 bridgehead atoms. The number of ether oxygens (including phenoxy) is 1. The molecule has 2 rings (SSSR count). The highest BCUT2D eigenvalue weighted by molar-refractivity contribution is 7.97. The van der Waals surface area contributed by atoms with Crippen molar-refractivity contribution in [3.8, 4) is 0 Å². The van der Waals surface area contributed by atoms with Crippen LogP contribution in [-0.2, 0) is 4.74 Å². The minimum Gasteiger partial charge on any atom is -0.408 e. The van der Waals surface area contributed by atoms with Crippen molar-refractivity contribution in [3.05, 3.63) is 11.5 Å². The molecule has 0 radical (unpaired) electrons. The third-order valence-corrected chi connectivity index (χ3v) is 2.10. The van der Waals surface area contributed by atoms with Crippen LogP contribution in [0.15, 0.2) is 26.8 Å². The van der Waals surface area contributed by atoms with Crippen molar-refractivity contribution in [1.82, 2.24) is 4.83 Å². The van der Waals surface area contributed by atoms with Crippen molar-refractivity contribution in [3.63, 3.8) is 0 Å². The van der Waals surface area contributed by atoms with Gasteiger partial charge in [0.2, 0.25) is 5.88 Å². The van der Waals surface area contributed by atoms with Crippen molar-refractivity contribution in [2.45, 2.75) is 0 Å². The summed E-state index contributed by atoms with van der Waals surface area (Å²) in [7, 11) is 0. The van der Waals surface area contributed by atoms with Crippen LogP contribution in [0.3, 0.4) is 0 Å². The van der Waals surface area contributed by atoms with E-state index < -0.39 is 0 Å². The molecule has 1 N–H and O–H groups in total. The largest absolute Gasteiger partial charge is 0.408 e. The standard InChI is InChI=1S/C5H4N4OS2/c11-5-8-7-4(10-5)3-1-6-9-12-2-3/h1,9H,2H2/b4-3+. The molecule has 0 saturated heterocycles. The molecule has 0 spiro atoms. The van der Waals surface area contributed by atoms with E-state index in [1.807, 2.05) is 0 Å². The monoisotopic (exact) mass is 200 g/mol. The molecular formula is C5H4N4OS2. The summed E-state index contributed by atoms with van der Waals surface area (Å²) in [5.41, 5.74) is 0.891. The lowest BCUT2D eigenvalue weighted by molar-refractivity contribution is 0.437. The molecule has 0 atom stereocenters. The maximum Gasteiger partial charge on any atom is 0.309 e. The highest BCUT2D eigenvalue weighted by Crippen LogP contribution is 2.19. The highest BCUT2D eigenvalue weighted by atomic mass is 32.2. The number of hydrazone groups is 1.